The zero-order valence-electron chi connectivity index (χ0n) is 8.08. The van der Waals surface area contributed by atoms with E-state index in [1.165, 1.54) is 7.11 Å². The van der Waals surface area contributed by atoms with Gasteiger partial charge in [-0.25, -0.2) is 4.79 Å². The molecule has 1 aliphatic heterocycles. The first-order valence-electron chi connectivity index (χ1n) is 4.59. The quantitative estimate of drug-likeness (QED) is 0.443. The minimum absolute atomic E-state index is 0.228. The van der Waals surface area contributed by atoms with Crippen LogP contribution in [0.4, 0.5) is 0 Å². The van der Waals surface area contributed by atoms with Gasteiger partial charge in [0.1, 0.15) is 0 Å². The summed E-state index contributed by atoms with van der Waals surface area (Å²) in [6.45, 7) is 2.71. The highest BCUT2D eigenvalue weighted by Crippen LogP contribution is 2.19. The predicted octanol–water partition coefficient (Wildman–Crippen LogP) is 0.560. The molecule has 0 spiro atoms. The third kappa shape index (κ3) is 1.99. The molecule has 74 valence electrons. The van der Waals surface area contributed by atoms with Gasteiger partial charge in [0.2, 0.25) is 0 Å². The summed E-state index contributed by atoms with van der Waals surface area (Å²) in [5.41, 5.74) is 0. The summed E-state index contributed by atoms with van der Waals surface area (Å²) in [5.74, 6) is -1.24. The van der Waals surface area contributed by atoms with E-state index in [-0.39, 0.29) is 6.04 Å². The number of hydrogen-bond acceptors (Lipinski definition) is 3. The van der Waals surface area contributed by atoms with Crippen molar-refractivity contribution in [1.29, 1.82) is 0 Å². The highest BCUT2D eigenvalue weighted by Gasteiger charge is 2.31. The fourth-order valence-corrected chi connectivity index (χ4v) is 1.73. The van der Waals surface area contributed by atoms with Crippen molar-refractivity contribution < 1.29 is 14.3 Å². The van der Waals surface area contributed by atoms with Gasteiger partial charge >= 0.3 is 11.9 Å². The molecule has 0 aromatic carbocycles. The van der Waals surface area contributed by atoms with Crippen LogP contribution in [0.2, 0.25) is 0 Å². The number of hydrogen-bond donors (Lipinski definition) is 0. The fraction of sp³-hybridized carbons (Fsp3) is 0.778. The molecule has 0 radical (unpaired) electrons. The van der Waals surface area contributed by atoms with Gasteiger partial charge in [-0.3, -0.25) is 4.79 Å². The summed E-state index contributed by atoms with van der Waals surface area (Å²) in [6, 6.07) is 0.228. The van der Waals surface area contributed by atoms with E-state index in [0.29, 0.717) is 6.54 Å². The molecule has 0 saturated carbocycles. The third-order valence-electron chi connectivity index (χ3n) is 2.47. The maximum atomic E-state index is 11.4. The van der Waals surface area contributed by atoms with Crippen molar-refractivity contribution in [1.82, 2.24) is 4.90 Å². The van der Waals surface area contributed by atoms with Crippen LogP contribution in [-0.4, -0.2) is 36.5 Å². The maximum Gasteiger partial charge on any atom is 0.396 e. The summed E-state index contributed by atoms with van der Waals surface area (Å²) in [5, 5.41) is 0. The van der Waals surface area contributed by atoms with Crippen LogP contribution in [-0.2, 0) is 14.3 Å². The van der Waals surface area contributed by atoms with Gasteiger partial charge in [-0.05, 0) is 19.3 Å². The van der Waals surface area contributed by atoms with Crippen LogP contribution in [0.5, 0.6) is 0 Å². The van der Waals surface area contributed by atoms with Gasteiger partial charge in [-0.15, -0.1) is 0 Å². The minimum Gasteiger partial charge on any atom is -0.462 e. The lowest BCUT2D eigenvalue weighted by molar-refractivity contribution is -0.158. The first-order chi connectivity index (χ1) is 6.20. The maximum absolute atomic E-state index is 11.4. The molecule has 1 amide bonds. The Morgan fingerprint density at radius 2 is 2.23 bits per heavy atom. The number of methoxy groups -OCH3 is 1. The van der Waals surface area contributed by atoms with E-state index < -0.39 is 11.9 Å². The van der Waals surface area contributed by atoms with Crippen LogP contribution in [0.15, 0.2) is 0 Å². The van der Waals surface area contributed by atoms with E-state index in [9.17, 15) is 9.59 Å². The molecule has 1 fully saturated rings. The molecule has 13 heavy (non-hydrogen) atoms. The standard InChI is InChI=1S/C9H15NO3/c1-3-7-5-4-6-10(7)8(11)9(12)13-2/h7H,3-6H2,1-2H3. The molecule has 0 aromatic rings. The van der Waals surface area contributed by atoms with E-state index >= 15 is 0 Å². The number of carbonyl (C=O) groups excluding carboxylic acids is 2. The van der Waals surface area contributed by atoms with Crippen molar-refractivity contribution >= 4 is 11.9 Å². The molecule has 1 saturated heterocycles. The summed E-state index contributed by atoms with van der Waals surface area (Å²) < 4.78 is 4.39. The van der Waals surface area contributed by atoms with Gasteiger partial charge in [0.25, 0.3) is 0 Å². The molecule has 1 unspecified atom stereocenters. The summed E-state index contributed by atoms with van der Waals surface area (Å²) >= 11 is 0. The largest absolute Gasteiger partial charge is 0.462 e. The number of amides is 1. The zero-order valence-corrected chi connectivity index (χ0v) is 8.08. The van der Waals surface area contributed by atoms with Crippen molar-refractivity contribution in [2.45, 2.75) is 32.2 Å². The summed E-state index contributed by atoms with van der Waals surface area (Å²) in [4.78, 5) is 24.0. The second-order valence-electron chi connectivity index (χ2n) is 3.19. The van der Waals surface area contributed by atoms with Crippen LogP contribution < -0.4 is 0 Å². The van der Waals surface area contributed by atoms with Crippen molar-refractivity contribution in [2.75, 3.05) is 13.7 Å². The van der Waals surface area contributed by atoms with Gasteiger partial charge in [0.05, 0.1) is 7.11 Å². The molecular formula is C9H15NO3. The van der Waals surface area contributed by atoms with Crippen molar-refractivity contribution in [2.24, 2.45) is 0 Å². The molecule has 1 aliphatic rings. The number of carbonyl (C=O) groups is 2. The van der Waals surface area contributed by atoms with E-state index in [0.717, 1.165) is 19.3 Å². The summed E-state index contributed by atoms with van der Waals surface area (Å²) in [7, 11) is 1.23. The van der Waals surface area contributed by atoms with Gasteiger partial charge in [-0.1, -0.05) is 6.92 Å². The molecule has 1 atom stereocenters. The second kappa shape index (κ2) is 4.25. The van der Waals surface area contributed by atoms with Gasteiger partial charge in [0, 0.05) is 12.6 Å². The van der Waals surface area contributed by atoms with Gasteiger partial charge < -0.3 is 9.64 Å². The highest BCUT2D eigenvalue weighted by atomic mass is 16.5. The zero-order chi connectivity index (χ0) is 9.84. The molecule has 1 heterocycles. The number of ether oxygens (including phenoxy) is 1. The number of esters is 1. The van der Waals surface area contributed by atoms with Crippen LogP contribution in [0.3, 0.4) is 0 Å². The first-order valence-corrected chi connectivity index (χ1v) is 4.59. The monoisotopic (exact) mass is 185 g/mol. The third-order valence-corrected chi connectivity index (χ3v) is 2.47. The Kier molecular flexibility index (Phi) is 3.28. The molecular weight excluding hydrogens is 170 g/mol. The number of likely N-dealkylation sites (tertiary alicyclic amines) is 1. The van der Waals surface area contributed by atoms with E-state index in [1.807, 2.05) is 6.92 Å². The van der Waals surface area contributed by atoms with E-state index in [1.54, 1.807) is 4.90 Å². The normalized spacial score (nSPS) is 21.7. The molecule has 4 heteroatoms. The first kappa shape index (κ1) is 10.0. The Morgan fingerprint density at radius 3 is 2.77 bits per heavy atom. The molecule has 0 aromatic heterocycles. The Hall–Kier alpha value is -1.06. The Balaban J connectivity index is 2.60. The summed E-state index contributed by atoms with van der Waals surface area (Å²) in [6.07, 6.45) is 2.89. The average Bonchev–Trinajstić information content (AvgIpc) is 2.62. The van der Waals surface area contributed by atoms with E-state index in [4.69, 9.17) is 0 Å². The van der Waals surface area contributed by atoms with Crippen LogP contribution in [0.25, 0.3) is 0 Å². The Labute approximate surface area is 77.8 Å². The van der Waals surface area contributed by atoms with Crippen molar-refractivity contribution in [3.63, 3.8) is 0 Å². The van der Waals surface area contributed by atoms with Crippen molar-refractivity contribution in [3.05, 3.63) is 0 Å². The SMILES string of the molecule is CCC1CCCN1C(=O)C(=O)OC. The predicted molar refractivity (Wildman–Crippen MR) is 47.0 cm³/mol. The van der Waals surface area contributed by atoms with E-state index in [2.05, 4.69) is 4.74 Å². The van der Waals surface area contributed by atoms with Crippen LogP contribution >= 0.6 is 0 Å². The Bertz CT molecular complexity index is 215. The van der Waals surface area contributed by atoms with Crippen LogP contribution in [0, 0.1) is 0 Å². The smallest absolute Gasteiger partial charge is 0.396 e. The minimum atomic E-state index is -0.750. The average molecular weight is 185 g/mol. The Morgan fingerprint density at radius 1 is 1.54 bits per heavy atom. The van der Waals surface area contributed by atoms with Crippen molar-refractivity contribution in [3.8, 4) is 0 Å². The topological polar surface area (TPSA) is 46.6 Å². The number of nitrogens with zero attached hydrogens (tertiary/aromatic N) is 1. The molecule has 0 bridgehead atoms. The lowest BCUT2D eigenvalue weighted by Crippen LogP contribution is -2.40. The highest BCUT2D eigenvalue weighted by molar-refractivity contribution is 6.32. The molecule has 0 aliphatic carbocycles. The lowest BCUT2D eigenvalue weighted by atomic mass is 10.2. The number of rotatable bonds is 1. The molecule has 1 rings (SSSR count). The molecule has 0 N–H and O–H groups in total. The van der Waals surface area contributed by atoms with Gasteiger partial charge in [-0.2, -0.15) is 0 Å². The lowest BCUT2D eigenvalue weighted by Gasteiger charge is -2.21. The molecule has 4 nitrogen and oxygen atoms in total. The van der Waals surface area contributed by atoms with Crippen LogP contribution in [0.1, 0.15) is 26.2 Å². The van der Waals surface area contributed by atoms with Gasteiger partial charge in [0.15, 0.2) is 0 Å². The second-order valence-corrected chi connectivity index (χ2v) is 3.19. The fourth-order valence-electron chi connectivity index (χ4n) is 1.73.